The first-order chi connectivity index (χ1) is 12.6. The van der Waals surface area contributed by atoms with Crippen molar-refractivity contribution in [2.45, 2.75) is 50.4 Å². The third-order valence-corrected chi connectivity index (χ3v) is 5.96. The molecule has 2 amide bonds. The predicted molar refractivity (Wildman–Crippen MR) is 103 cm³/mol. The molecule has 1 fully saturated rings. The van der Waals surface area contributed by atoms with E-state index >= 15 is 0 Å². The molecule has 142 valence electrons. The second-order valence-corrected chi connectivity index (χ2v) is 7.76. The Morgan fingerprint density at radius 3 is 2.88 bits per heavy atom. The Kier molecular flexibility index (Phi) is 6.60. The predicted octanol–water partition coefficient (Wildman–Crippen LogP) is 2.67. The molecule has 2 aromatic rings. The van der Waals surface area contributed by atoms with Gasteiger partial charge in [-0.05, 0) is 32.6 Å². The monoisotopic (exact) mass is 376 g/mol. The Labute approximate surface area is 159 Å². The van der Waals surface area contributed by atoms with Crippen LogP contribution in [0.2, 0.25) is 0 Å². The van der Waals surface area contributed by atoms with Crippen LogP contribution in [0.4, 0.5) is 4.79 Å². The second kappa shape index (κ2) is 9.12. The average molecular weight is 377 g/mol. The summed E-state index contributed by atoms with van der Waals surface area (Å²) < 4.78 is 4.15. The molecule has 1 aliphatic heterocycles. The van der Waals surface area contributed by atoms with E-state index in [4.69, 9.17) is 0 Å². The number of imidazole rings is 2. The second-order valence-electron chi connectivity index (χ2n) is 6.70. The van der Waals surface area contributed by atoms with Crippen LogP contribution in [0.15, 0.2) is 29.9 Å². The van der Waals surface area contributed by atoms with E-state index in [9.17, 15) is 4.79 Å². The molecule has 8 heteroatoms. The van der Waals surface area contributed by atoms with Crippen molar-refractivity contribution in [3.8, 4) is 0 Å². The first kappa shape index (κ1) is 18.8. The van der Waals surface area contributed by atoms with Gasteiger partial charge in [0.1, 0.15) is 5.82 Å². The van der Waals surface area contributed by atoms with E-state index < -0.39 is 0 Å². The highest BCUT2D eigenvalue weighted by Gasteiger charge is 2.26. The third kappa shape index (κ3) is 4.81. The molecule has 1 N–H and O–H groups in total. The molecule has 3 heterocycles. The van der Waals surface area contributed by atoms with E-state index in [1.54, 1.807) is 18.0 Å². The van der Waals surface area contributed by atoms with Gasteiger partial charge in [0.05, 0.1) is 0 Å². The molecule has 7 nitrogen and oxygen atoms in total. The van der Waals surface area contributed by atoms with Gasteiger partial charge in [-0.3, -0.25) is 0 Å². The molecule has 0 spiro atoms. The van der Waals surface area contributed by atoms with Crippen LogP contribution in [-0.2, 0) is 13.6 Å². The zero-order valence-electron chi connectivity index (χ0n) is 15.6. The summed E-state index contributed by atoms with van der Waals surface area (Å²) in [6.07, 6.45) is 11.9. The van der Waals surface area contributed by atoms with Crippen molar-refractivity contribution < 1.29 is 4.79 Å². The van der Waals surface area contributed by atoms with E-state index in [2.05, 4.69) is 19.9 Å². The summed E-state index contributed by atoms with van der Waals surface area (Å²) in [6.45, 7) is 4.44. The van der Waals surface area contributed by atoms with Crippen molar-refractivity contribution >= 4 is 17.8 Å². The lowest BCUT2D eigenvalue weighted by Gasteiger charge is -2.36. The largest absolute Gasteiger partial charge is 0.337 e. The molecule has 2 aromatic heterocycles. The van der Waals surface area contributed by atoms with Crippen LogP contribution in [-0.4, -0.2) is 54.9 Å². The molecular weight excluding hydrogens is 348 g/mol. The SMILES string of the molecule is Cc1nccn1CC[C@@H]1CCCCN1C(=O)NCCSc1nccn1C. The van der Waals surface area contributed by atoms with Gasteiger partial charge >= 0.3 is 6.03 Å². The maximum Gasteiger partial charge on any atom is 0.317 e. The molecule has 0 saturated carbocycles. The summed E-state index contributed by atoms with van der Waals surface area (Å²) in [5, 5.41) is 4.06. The molecule has 0 unspecified atom stereocenters. The van der Waals surface area contributed by atoms with Crippen LogP contribution in [0, 0.1) is 6.92 Å². The van der Waals surface area contributed by atoms with Gasteiger partial charge < -0.3 is 19.4 Å². The van der Waals surface area contributed by atoms with Crippen molar-refractivity contribution in [1.82, 2.24) is 29.3 Å². The fourth-order valence-corrected chi connectivity index (χ4v) is 4.18. The van der Waals surface area contributed by atoms with Crippen molar-refractivity contribution in [3.05, 3.63) is 30.6 Å². The number of aromatic nitrogens is 4. The number of nitrogens with zero attached hydrogens (tertiary/aromatic N) is 5. The van der Waals surface area contributed by atoms with Crippen LogP contribution in [0.25, 0.3) is 0 Å². The molecule has 1 atom stereocenters. The number of piperidine rings is 1. The Hall–Kier alpha value is -1.96. The zero-order chi connectivity index (χ0) is 18.4. The van der Waals surface area contributed by atoms with Crippen LogP contribution < -0.4 is 5.32 Å². The van der Waals surface area contributed by atoms with Gasteiger partial charge in [-0.1, -0.05) is 11.8 Å². The highest BCUT2D eigenvalue weighted by molar-refractivity contribution is 7.99. The first-order valence-corrected chi connectivity index (χ1v) is 10.3. The van der Waals surface area contributed by atoms with Crippen LogP contribution >= 0.6 is 11.8 Å². The highest BCUT2D eigenvalue weighted by Crippen LogP contribution is 2.21. The summed E-state index contributed by atoms with van der Waals surface area (Å²) in [7, 11) is 1.98. The fraction of sp³-hybridized carbons (Fsp3) is 0.611. The van der Waals surface area contributed by atoms with E-state index in [1.807, 2.05) is 42.0 Å². The molecule has 0 aliphatic carbocycles. The Morgan fingerprint density at radius 2 is 2.15 bits per heavy atom. The Bertz CT molecular complexity index is 712. The maximum atomic E-state index is 12.6. The lowest BCUT2D eigenvalue weighted by Crippen LogP contribution is -2.49. The number of carbonyl (C=O) groups is 1. The standard InChI is InChI=1S/C18H28N6OS/c1-15-19-8-13-23(15)11-6-16-5-3-4-10-24(16)17(25)20-9-14-26-18-21-7-12-22(18)2/h7-8,12-13,16H,3-6,9-11,14H2,1-2H3,(H,20,25)/t16-/m0/s1. The fourth-order valence-electron chi connectivity index (χ4n) is 3.39. The lowest BCUT2D eigenvalue weighted by molar-refractivity contribution is 0.144. The average Bonchev–Trinajstić information content (AvgIpc) is 3.25. The smallest absolute Gasteiger partial charge is 0.317 e. The van der Waals surface area contributed by atoms with Gasteiger partial charge in [-0.15, -0.1) is 0 Å². The number of hydrogen-bond acceptors (Lipinski definition) is 4. The number of nitrogens with one attached hydrogen (secondary N) is 1. The topological polar surface area (TPSA) is 68.0 Å². The summed E-state index contributed by atoms with van der Waals surface area (Å²) in [6, 6.07) is 0.380. The van der Waals surface area contributed by atoms with Crippen molar-refractivity contribution in [3.63, 3.8) is 0 Å². The van der Waals surface area contributed by atoms with Crippen molar-refractivity contribution in [2.75, 3.05) is 18.8 Å². The minimum Gasteiger partial charge on any atom is -0.337 e. The third-order valence-electron chi connectivity index (χ3n) is 4.90. The number of likely N-dealkylation sites (tertiary alicyclic amines) is 1. The van der Waals surface area contributed by atoms with Gasteiger partial charge in [0.2, 0.25) is 0 Å². The minimum atomic E-state index is 0.0671. The van der Waals surface area contributed by atoms with Gasteiger partial charge in [0, 0.05) is 63.3 Å². The number of aryl methyl sites for hydroxylation is 3. The zero-order valence-corrected chi connectivity index (χ0v) is 16.4. The molecule has 1 aliphatic rings. The minimum absolute atomic E-state index is 0.0671. The van der Waals surface area contributed by atoms with E-state index in [0.717, 1.165) is 49.1 Å². The quantitative estimate of drug-likeness (QED) is 0.596. The molecule has 0 bridgehead atoms. The first-order valence-electron chi connectivity index (χ1n) is 9.27. The molecule has 26 heavy (non-hydrogen) atoms. The molecule has 0 radical (unpaired) electrons. The molecule has 0 aromatic carbocycles. The molecular formula is C18H28N6OS. The molecule has 1 saturated heterocycles. The highest BCUT2D eigenvalue weighted by atomic mass is 32.2. The number of thioether (sulfide) groups is 1. The number of carbonyl (C=O) groups excluding carboxylic acids is 1. The van der Waals surface area contributed by atoms with Crippen LogP contribution in [0.3, 0.4) is 0 Å². The maximum absolute atomic E-state index is 12.6. The van der Waals surface area contributed by atoms with Gasteiger partial charge in [-0.2, -0.15) is 0 Å². The summed E-state index contributed by atoms with van der Waals surface area (Å²) in [5.74, 6) is 1.85. The normalized spacial score (nSPS) is 17.5. The van der Waals surface area contributed by atoms with E-state index in [1.165, 1.54) is 6.42 Å². The number of hydrogen-bond donors (Lipinski definition) is 1. The number of urea groups is 1. The summed E-state index contributed by atoms with van der Waals surface area (Å²) in [5.41, 5.74) is 0. The lowest BCUT2D eigenvalue weighted by atomic mass is 9.99. The van der Waals surface area contributed by atoms with Crippen LogP contribution in [0.1, 0.15) is 31.5 Å². The molecule has 3 rings (SSSR count). The summed E-state index contributed by atoms with van der Waals surface area (Å²) >= 11 is 1.66. The van der Waals surface area contributed by atoms with E-state index in [0.29, 0.717) is 12.6 Å². The number of rotatable bonds is 7. The van der Waals surface area contributed by atoms with Crippen LogP contribution in [0.5, 0.6) is 0 Å². The Morgan fingerprint density at radius 1 is 1.31 bits per heavy atom. The van der Waals surface area contributed by atoms with Gasteiger partial charge in [0.15, 0.2) is 5.16 Å². The van der Waals surface area contributed by atoms with Crippen molar-refractivity contribution in [1.29, 1.82) is 0 Å². The summed E-state index contributed by atoms with van der Waals surface area (Å²) in [4.78, 5) is 23.2. The Balaban J connectivity index is 1.44. The van der Waals surface area contributed by atoms with Crippen molar-refractivity contribution in [2.24, 2.45) is 7.05 Å². The van der Waals surface area contributed by atoms with Gasteiger partial charge in [-0.25, -0.2) is 14.8 Å². The van der Waals surface area contributed by atoms with E-state index in [-0.39, 0.29) is 6.03 Å². The number of amides is 2. The van der Waals surface area contributed by atoms with Gasteiger partial charge in [0.25, 0.3) is 0 Å².